The molecule has 5 nitrogen and oxygen atoms in total. The molecule has 0 atom stereocenters. The summed E-state index contributed by atoms with van der Waals surface area (Å²) in [7, 11) is 1.89. The van der Waals surface area contributed by atoms with Gasteiger partial charge in [0.25, 0.3) is 0 Å². The first-order valence-corrected chi connectivity index (χ1v) is 9.13. The number of halogens is 1. The van der Waals surface area contributed by atoms with Crippen LogP contribution in [0.3, 0.4) is 0 Å². The minimum atomic E-state index is 0. The molecule has 0 unspecified atom stereocenters. The van der Waals surface area contributed by atoms with Gasteiger partial charge in [0.1, 0.15) is 0 Å². The number of hydrogen-bond acceptors (Lipinski definition) is 3. The highest BCUT2D eigenvalue weighted by atomic mass is 127. The zero-order chi connectivity index (χ0) is 15.6. The van der Waals surface area contributed by atoms with Crippen molar-refractivity contribution in [2.75, 3.05) is 52.9 Å². The Balaban J connectivity index is 0.00000264. The van der Waals surface area contributed by atoms with Crippen molar-refractivity contribution in [2.45, 2.75) is 51.6 Å². The fraction of sp³-hybridized carbons (Fsp3) is 0.941. The van der Waals surface area contributed by atoms with Crippen molar-refractivity contribution in [3.63, 3.8) is 0 Å². The van der Waals surface area contributed by atoms with Crippen molar-refractivity contribution in [3.05, 3.63) is 0 Å². The first kappa shape index (κ1) is 21.0. The molecule has 136 valence electrons. The van der Waals surface area contributed by atoms with E-state index in [1.807, 2.05) is 7.05 Å². The molecule has 23 heavy (non-hydrogen) atoms. The molecule has 0 aromatic rings. The number of rotatable bonds is 5. The Morgan fingerprint density at radius 3 is 2.30 bits per heavy atom. The number of ether oxygens (including phenoxy) is 1. The van der Waals surface area contributed by atoms with Gasteiger partial charge in [0, 0.05) is 39.8 Å². The van der Waals surface area contributed by atoms with Gasteiger partial charge in [-0.15, -0.1) is 24.0 Å². The molecule has 0 aromatic heterocycles. The SMILES string of the molecule is CCOC1CCN(C(=NC)NCCN2CCCCCC2)CC1.I. The van der Waals surface area contributed by atoms with Gasteiger partial charge >= 0.3 is 0 Å². The van der Waals surface area contributed by atoms with E-state index in [9.17, 15) is 0 Å². The van der Waals surface area contributed by atoms with Crippen LogP contribution in [0.5, 0.6) is 0 Å². The molecule has 2 heterocycles. The van der Waals surface area contributed by atoms with E-state index in [1.54, 1.807) is 0 Å². The van der Waals surface area contributed by atoms with Gasteiger partial charge in [-0.3, -0.25) is 4.99 Å². The molecule has 0 saturated carbocycles. The van der Waals surface area contributed by atoms with E-state index in [-0.39, 0.29) is 24.0 Å². The molecule has 2 saturated heterocycles. The Morgan fingerprint density at radius 2 is 1.74 bits per heavy atom. The Morgan fingerprint density at radius 1 is 1.09 bits per heavy atom. The monoisotopic (exact) mass is 438 g/mol. The Kier molecular flexibility index (Phi) is 11.2. The summed E-state index contributed by atoms with van der Waals surface area (Å²) in [4.78, 5) is 9.42. The lowest BCUT2D eigenvalue weighted by Gasteiger charge is -2.34. The lowest BCUT2D eigenvalue weighted by atomic mass is 10.1. The highest BCUT2D eigenvalue weighted by molar-refractivity contribution is 14.0. The number of piperidine rings is 1. The van der Waals surface area contributed by atoms with Crippen molar-refractivity contribution in [3.8, 4) is 0 Å². The maximum Gasteiger partial charge on any atom is 0.193 e. The molecule has 0 bridgehead atoms. The van der Waals surface area contributed by atoms with E-state index in [1.165, 1.54) is 38.8 Å². The van der Waals surface area contributed by atoms with E-state index < -0.39 is 0 Å². The number of nitrogens with one attached hydrogen (secondary N) is 1. The number of guanidine groups is 1. The quantitative estimate of drug-likeness (QED) is 0.407. The lowest BCUT2D eigenvalue weighted by Crippen LogP contribution is -2.48. The van der Waals surface area contributed by atoms with Crippen LogP contribution in [0.2, 0.25) is 0 Å². The fourth-order valence-electron chi connectivity index (χ4n) is 3.49. The summed E-state index contributed by atoms with van der Waals surface area (Å²) in [5, 5.41) is 3.55. The van der Waals surface area contributed by atoms with Gasteiger partial charge in [-0.25, -0.2) is 0 Å². The maximum absolute atomic E-state index is 5.72. The van der Waals surface area contributed by atoms with Crippen molar-refractivity contribution < 1.29 is 4.74 Å². The maximum atomic E-state index is 5.72. The zero-order valence-electron chi connectivity index (χ0n) is 14.9. The second-order valence-electron chi connectivity index (χ2n) is 6.37. The highest BCUT2D eigenvalue weighted by Crippen LogP contribution is 2.13. The second kappa shape index (κ2) is 12.3. The first-order valence-electron chi connectivity index (χ1n) is 9.13. The molecule has 0 aliphatic carbocycles. The minimum absolute atomic E-state index is 0. The van der Waals surface area contributed by atoms with Crippen LogP contribution >= 0.6 is 24.0 Å². The van der Waals surface area contributed by atoms with Gasteiger partial charge in [0.2, 0.25) is 0 Å². The lowest BCUT2D eigenvalue weighted by molar-refractivity contribution is 0.0263. The molecule has 0 amide bonds. The zero-order valence-corrected chi connectivity index (χ0v) is 17.3. The van der Waals surface area contributed by atoms with Gasteiger partial charge in [0.15, 0.2) is 5.96 Å². The van der Waals surface area contributed by atoms with Crippen LogP contribution in [0.25, 0.3) is 0 Å². The van der Waals surface area contributed by atoms with E-state index >= 15 is 0 Å². The van der Waals surface area contributed by atoms with Crippen LogP contribution in [0.1, 0.15) is 45.4 Å². The summed E-state index contributed by atoms with van der Waals surface area (Å²) < 4.78 is 5.72. The standard InChI is InChI=1S/C17H34N4O.HI/c1-3-22-16-8-13-21(14-9-16)17(18-2)19-10-15-20-11-6-4-5-7-12-20;/h16H,3-15H2,1-2H3,(H,18,19);1H. The molecule has 0 radical (unpaired) electrons. The van der Waals surface area contributed by atoms with Gasteiger partial charge in [-0.05, 0) is 45.7 Å². The molecule has 2 aliphatic rings. The van der Waals surface area contributed by atoms with Crippen LogP contribution in [0.15, 0.2) is 4.99 Å². The van der Waals surface area contributed by atoms with Crippen LogP contribution in [0, 0.1) is 0 Å². The van der Waals surface area contributed by atoms with Crippen LogP contribution in [0.4, 0.5) is 0 Å². The third-order valence-electron chi connectivity index (χ3n) is 4.77. The molecule has 2 aliphatic heterocycles. The summed E-state index contributed by atoms with van der Waals surface area (Å²) in [5.74, 6) is 1.06. The summed E-state index contributed by atoms with van der Waals surface area (Å²) in [6.07, 6.45) is 8.19. The Labute approximate surface area is 159 Å². The third-order valence-corrected chi connectivity index (χ3v) is 4.77. The van der Waals surface area contributed by atoms with Crippen molar-refractivity contribution in [1.82, 2.24) is 15.1 Å². The average molecular weight is 438 g/mol. The predicted octanol–water partition coefficient (Wildman–Crippen LogP) is 2.56. The van der Waals surface area contributed by atoms with Gasteiger partial charge in [0.05, 0.1) is 6.10 Å². The van der Waals surface area contributed by atoms with Crippen molar-refractivity contribution >= 4 is 29.9 Å². The Hall–Kier alpha value is -0.0800. The van der Waals surface area contributed by atoms with E-state index in [0.29, 0.717) is 6.10 Å². The highest BCUT2D eigenvalue weighted by Gasteiger charge is 2.21. The predicted molar refractivity (Wildman–Crippen MR) is 108 cm³/mol. The smallest absolute Gasteiger partial charge is 0.193 e. The van der Waals surface area contributed by atoms with Crippen LogP contribution in [-0.4, -0.2) is 74.8 Å². The van der Waals surface area contributed by atoms with Crippen molar-refractivity contribution in [2.24, 2.45) is 4.99 Å². The number of aliphatic imine (C=N–C) groups is 1. The molecule has 1 N–H and O–H groups in total. The molecule has 0 aromatic carbocycles. The molecule has 0 spiro atoms. The largest absolute Gasteiger partial charge is 0.378 e. The van der Waals surface area contributed by atoms with Crippen LogP contribution in [-0.2, 0) is 4.74 Å². The fourth-order valence-corrected chi connectivity index (χ4v) is 3.49. The molecule has 2 rings (SSSR count). The van der Waals surface area contributed by atoms with Crippen LogP contribution < -0.4 is 5.32 Å². The summed E-state index contributed by atoms with van der Waals surface area (Å²) in [6, 6.07) is 0. The van der Waals surface area contributed by atoms with E-state index in [4.69, 9.17) is 4.74 Å². The summed E-state index contributed by atoms with van der Waals surface area (Å²) in [6.45, 7) is 9.66. The molecular weight excluding hydrogens is 403 g/mol. The van der Waals surface area contributed by atoms with Gasteiger partial charge in [-0.1, -0.05) is 12.8 Å². The minimum Gasteiger partial charge on any atom is -0.378 e. The van der Waals surface area contributed by atoms with E-state index in [0.717, 1.165) is 51.6 Å². The average Bonchev–Trinajstić information content (AvgIpc) is 2.82. The summed E-state index contributed by atoms with van der Waals surface area (Å²) >= 11 is 0. The van der Waals surface area contributed by atoms with E-state index in [2.05, 4.69) is 27.0 Å². The van der Waals surface area contributed by atoms with Crippen molar-refractivity contribution in [1.29, 1.82) is 0 Å². The summed E-state index contributed by atoms with van der Waals surface area (Å²) in [5.41, 5.74) is 0. The number of hydrogen-bond donors (Lipinski definition) is 1. The first-order chi connectivity index (χ1) is 10.8. The second-order valence-corrected chi connectivity index (χ2v) is 6.37. The molecule has 6 heteroatoms. The van der Waals surface area contributed by atoms with Gasteiger partial charge < -0.3 is 19.9 Å². The number of nitrogens with zero attached hydrogens (tertiary/aromatic N) is 3. The Bertz CT molecular complexity index is 325. The molecule has 2 fully saturated rings. The topological polar surface area (TPSA) is 40.1 Å². The number of likely N-dealkylation sites (tertiary alicyclic amines) is 2. The van der Waals surface area contributed by atoms with Gasteiger partial charge in [-0.2, -0.15) is 0 Å². The normalized spacial score (nSPS) is 21.7. The molecular formula is C17H35IN4O. The third kappa shape index (κ3) is 7.56.